The fraction of sp³-hybridized carbons (Fsp3) is 0.300. The van der Waals surface area contributed by atoms with Crippen LogP contribution in [0.1, 0.15) is 48.3 Å². The second kappa shape index (κ2) is 10.2. The smallest absolute Gasteiger partial charge is 0.167 e. The van der Waals surface area contributed by atoms with E-state index in [0.29, 0.717) is 17.5 Å². The third-order valence-corrected chi connectivity index (χ3v) is 3.18. The number of carbonyl (C=O) groups is 1. The van der Waals surface area contributed by atoms with E-state index >= 15 is 0 Å². The molecule has 0 aliphatic rings. The average molecular weight is 311 g/mol. The minimum atomic E-state index is 0. The molecule has 0 fully saturated rings. The minimum Gasteiger partial charge on any atom is -0.497 e. The first-order chi connectivity index (χ1) is 10.6. The van der Waals surface area contributed by atoms with Crippen LogP contribution >= 0.6 is 0 Å². The van der Waals surface area contributed by atoms with Crippen molar-refractivity contribution in [3.63, 3.8) is 0 Å². The molecular weight excluding hydrogens is 286 g/mol. The summed E-state index contributed by atoms with van der Waals surface area (Å²) >= 11 is 0. The first-order valence-corrected chi connectivity index (χ1v) is 7.31. The van der Waals surface area contributed by atoms with Gasteiger partial charge >= 0.3 is 0 Å². The normalized spacial score (nSPS) is 8.83. The lowest BCUT2D eigenvalue weighted by Crippen LogP contribution is -2.05. The Hall–Kier alpha value is -2.60. The summed E-state index contributed by atoms with van der Waals surface area (Å²) in [6, 6.07) is 14.7. The molecule has 0 saturated heterocycles. The Balaban J connectivity index is 0.00000155. The lowest BCUT2D eigenvalue weighted by atomic mass is 9.98. The van der Waals surface area contributed by atoms with Gasteiger partial charge in [0.25, 0.3) is 0 Å². The Morgan fingerprint density at radius 1 is 1.13 bits per heavy atom. The molecule has 0 atom stereocenters. The number of ether oxygens (including phenoxy) is 1. The first kappa shape index (κ1) is 20.4. The number of benzene rings is 2. The highest BCUT2D eigenvalue weighted by atomic mass is 16.5. The van der Waals surface area contributed by atoms with E-state index in [1.54, 1.807) is 25.3 Å². The van der Waals surface area contributed by atoms with Crippen LogP contribution in [-0.4, -0.2) is 12.9 Å². The van der Waals surface area contributed by atoms with Gasteiger partial charge in [-0.3, -0.25) is 4.79 Å². The second-order valence-electron chi connectivity index (χ2n) is 4.59. The van der Waals surface area contributed by atoms with Crippen LogP contribution in [0.4, 0.5) is 0 Å². The highest BCUT2D eigenvalue weighted by molar-refractivity contribution is 5.98. The summed E-state index contributed by atoms with van der Waals surface area (Å²) in [6.07, 6.45) is 0.344. The lowest BCUT2D eigenvalue weighted by Gasteiger charge is -2.06. The van der Waals surface area contributed by atoms with Crippen LogP contribution in [-0.2, 0) is 6.42 Å². The van der Waals surface area contributed by atoms with E-state index in [1.165, 1.54) is 0 Å². The van der Waals surface area contributed by atoms with E-state index in [-0.39, 0.29) is 13.2 Å². The van der Waals surface area contributed by atoms with E-state index in [1.807, 2.05) is 45.0 Å². The highest BCUT2D eigenvalue weighted by Crippen LogP contribution is 2.16. The molecule has 3 nitrogen and oxygen atoms in total. The average Bonchev–Trinajstić information content (AvgIpc) is 2.57. The van der Waals surface area contributed by atoms with Crippen molar-refractivity contribution in [3.05, 3.63) is 64.7 Å². The molecular formula is C20H25NO2. The molecule has 0 saturated carbocycles. The molecule has 0 spiro atoms. The number of carbonyl (C=O) groups excluding carboxylic acids is 1. The maximum absolute atomic E-state index is 12.3. The van der Waals surface area contributed by atoms with Gasteiger partial charge in [-0.15, -0.1) is 0 Å². The van der Waals surface area contributed by atoms with Gasteiger partial charge in [0.1, 0.15) is 5.75 Å². The number of methoxy groups -OCH3 is 1. The molecule has 0 aliphatic carbocycles. The number of hydrogen-bond donors (Lipinski definition) is 0. The molecule has 2 aromatic rings. The van der Waals surface area contributed by atoms with Crippen molar-refractivity contribution in [2.45, 2.75) is 34.6 Å². The van der Waals surface area contributed by atoms with Gasteiger partial charge < -0.3 is 4.74 Å². The van der Waals surface area contributed by atoms with Crippen molar-refractivity contribution in [2.24, 2.45) is 0 Å². The fourth-order valence-electron chi connectivity index (χ4n) is 2.07. The van der Waals surface area contributed by atoms with Crippen LogP contribution in [0.3, 0.4) is 0 Å². The second-order valence-corrected chi connectivity index (χ2v) is 4.59. The monoisotopic (exact) mass is 311 g/mol. The van der Waals surface area contributed by atoms with Crippen LogP contribution in [0.25, 0.3) is 0 Å². The van der Waals surface area contributed by atoms with Crippen molar-refractivity contribution < 1.29 is 9.53 Å². The molecule has 2 rings (SSSR count). The van der Waals surface area contributed by atoms with Gasteiger partial charge in [0.15, 0.2) is 5.78 Å². The zero-order chi connectivity index (χ0) is 16.5. The summed E-state index contributed by atoms with van der Waals surface area (Å²) in [5.74, 6) is 0.827. The quantitative estimate of drug-likeness (QED) is 0.750. The number of ketones is 1. The van der Waals surface area contributed by atoms with E-state index in [4.69, 9.17) is 10.00 Å². The first-order valence-electron chi connectivity index (χ1n) is 7.31. The Labute approximate surface area is 139 Å². The van der Waals surface area contributed by atoms with Gasteiger partial charge in [0, 0.05) is 12.0 Å². The summed E-state index contributed by atoms with van der Waals surface area (Å²) in [5, 5.41) is 8.83. The number of hydrogen-bond acceptors (Lipinski definition) is 3. The van der Waals surface area contributed by atoms with Crippen molar-refractivity contribution in [1.29, 1.82) is 5.26 Å². The van der Waals surface area contributed by atoms with Gasteiger partial charge in [-0.05, 0) is 48.4 Å². The Kier molecular flexibility index (Phi) is 9.03. The van der Waals surface area contributed by atoms with Crippen LogP contribution in [0.15, 0.2) is 42.5 Å². The van der Waals surface area contributed by atoms with Gasteiger partial charge in [-0.25, -0.2) is 0 Å². The zero-order valence-electron chi connectivity index (χ0n) is 13.5. The SMILES string of the molecule is C.CC.COc1ccc(CC(=O)c2ccc(C#N)cc2C)cc1. The molecule has 0 bridgehead atoms. The summed E-state index contributed by atoms with van der Waals surface area (Å²) < 4.78 is 5.09. The molecule has 122 valence electrons. The Bertz CT molecular complexity index is 667. The molecule has 3 heteroatoms. The van der Waals surface area contributed by atoms with Crippen molar-refractivity contribution in [1.82, 2.24) is 0 Å². The summed E-state index contributed by atoms with van der Waals surface area (Å²) in [7, 11) is 1.61. The third-order valence-electron chi connectivity index (χ3n) is 3.18. The predicted octanol–water partition coefficient (Wildman–Crippen LogP) is 4.96. The van der Waals surface area contributed by atoms with Gasteiger partial charge in [0.05, 0.1) is 18.7 Å². The Morgan fingerprint density at radius 3 is 2.22 bits per heavy atom. The van der Waals surface area contributed by atoms with Gasteiger partial charge in [-0.1, -0.05) is 33.4 Å². The zero-order valence-corrected chi connectivity index (χ0v) is 13.5. The number of rotatable bonds is 4. The standard InChI is InChI=1S/C17H15NO2.C2H6.CH4/c1-12-9-14(11-18)5-8-16(12)17(19)10-13-3-6-15(20-2)7-4-13;1-2;/h3-9H,10H2,1-2H3;1-2H3;1H4. The lowest BCUT2D eigenvalue weighted by molar-refractivity contribution is 0.0992. The maximum Gasteiger partial charge on any atom is 0.167 e. The highest BCUT2D eigenvalue weighted by Gasteiger charge is 2.10. The van der Waals surface area contributed by atoms with E-state index in [2.05, 4.69) is 6.07 Å². The van der Waals surface area contributed by atoms with E-state index in [0.717, 1.165) is 16.9 Å². The van der Waals surface area contributed by atoms with Crippen molar-refractivity contribution in [3.8, 4) is 11.8 Å². The summed E-state index contributed by atoms with van der Waals surface area (Å²) in [4.78, 5) is 12.3. The molecule has 0 radical (unpaired) electrons. The summed E-state index contributed by atoms with van der Waals surface area (Å²) in [6.45, 7) is 5.85. The largest absolute Gasteiger partial charge is 0.497 e. The molecule has 2 aromatic carbocycles. The maximum atomic E-state index is 12.3. The molecule has 0 heterocycles. The Morgan fingerprint density at radius 2 is 1.74 bits per heavy atom. The molecule has 0 amide bonds. The molecule has 0 aliphatic heterocycles. The number of nitrogens with zero attached hydrogens (tertiary/aromatic N) is 1. The number of nitriles is 1. The van der Waals surface area contributed by atoms with E-state index < -0.39 is 0 Å². The molecule has 0 N–H and O–H groups in total. The minimum absolute atomic E-state index is 0. The van der Waals surface area contributed by atoms with Crippen LogP contribution in [0.2, 0.25) is 0 Å². The summed E-state index contributed by atoms with van der Waals surface area (Å²) in [5.41, 5.74) is 3.02. The van der Waals surface area contributed by atoms with Crippen LogP contribution < -0.4 is 4.74 Å². The number of aryl methyl sites for hydroxylation is 1. The van der Waals surface area contributed by atoms with E-state index in [9.17, 15) is 4.79 Å². The third kappa shape index (κ3) is 5.60. The topological polar surface area (TPSA) is 50.1 Å². The van der Waals surface area contributed by atoms with Crippen LogP contribution in [0, 0.1) is 18.3 Å². The van der Waals surface area contributed by atoms with Crippen molar-refractivity contribution in [2.75, 3.05) is 7.11 Å². The molecule has 23 heavy (non-hydrogen) atoms. The molecule has 0 unspecified atom stereocenters. The fourth-order valence-corrected chi connectivity index (χ4v) is 2.07. The van der Waals surface area contributed by atoms with Gasteiger partial charge in [0.2, 0.25) is 0 Å². The van der Waals surface area contributed by atoms with Gasteiger partial charge in [-0.2, -0.15) is 5.26 Å². The molecule has 0 aromatic heterocycles. The van der Waals surface area contributed by atoms with Crippen molar-refractivity contribution >= 4 is 5.78 Å². The van der Waals surface area contributed by atoms with Crippen LogP contribution in [0.5, 0.6) is 5.75 Å². The number of Topliss-reactive ketones (excluding diaryl/α,β-unsaturated/α-hetero) is 1. The predicted molar refractivity (Wildman–Crippen MR) is 95.0 cm³/mol.